The van der Waals surface area contributed by atoms with Crippen LogP contribution in [0.4, 0.5) is 10.6 Å². The third kappa shape index (κ3) is 4.32. The zero-order chi connectivity index (χ0) is 23.1. The van der Waals surface area contributed by atoms with Gasteiger partial charge in [-0.05, 0) is 52.0 Å². The Morgan fingerprint density at radius 3 is 2.19 bits per heavy atom. The van der Waals surface area contributed by atoms with E-state index in [0.29, 0.717) is 37.5 Å². The average Bonchev–Trinajstić information content (AvgIpc) is 3.13. The summed E-state index contributed by atoms with van der Waals surface area (Å²) in [7, 11) is -3.80. The first-order chi connectivity index (χ1) is 15.1. The van der Waals surface area contributed by atoms with Crippen molar-refractivity contribution in [1.82, 2.24) is 8.87 Å². The lowest BCUT2D eigenvalue weighted by molar-refractivity contribution is 0.0240. The molecule has 0 unspecified atom stereocenters. The third-order valence-corrected chi connectivity index (χ3v) is 7.20. The molecule has 0 aliphatic carbocycles. The average molecular weight is 456 g/mol. The third-order valence-electron chi connectivity index (χ3n) is 5.46. The summed E-state index contributed by atoms with van der Waals surface area (Å²) in [5.74, 6) is 0.607. The van der Waals surface area contributed by atoms with E-state index < -0.39 is 15.6 Å². The Hall–Kier alpha value is -3.00. The molecule has 1 saturated heterocycles. The lowest BCUT2D eigenvalue weighted by atomic mass is 10.2. The summed E-state index contributed by atoms with van der Waals surface area (Å²) in [5.41, 5.74) is 1.08. The second kappa shape index (κ2) is 8.16. The van der Waals surface area contributed by atoms with Gasteiger partial charge in [0.05, 0.1) is 10.4 Å². The highest BCUT2D eigenvalue weighted by Gasteiger charge is 2.30. The molecule has 0 N–H and O–H groups in total. The van der Waals surface area contributed by atoms with Crippen LogP contribution in [0.3, 0.4) is 0 Å². The number of para-hydroxylation sites is 1. The number of amides is 1. The standard InChI is InChI=1S/C24H29N3O4S/c1-18-9-11-20(12-10-18)32(29,30)27-21-8-6-5-7-19(21)17-22(27)25-13-15-26(16-14-25)23(28)31-24(2,3)4/h5-12,17H,13-16H2,1-4H3. The van der Waals surface area contributed by atoms with E-state index in [1.165, 1.54) is 3.97 Å². The Kier molecular flexibility index (Phi) is 5.67. The molecule has 0 bridgehead atoms. The van der Waals surface area contributed by atoms with Crippen molar-refractivity contribution < 1.29 is 17.9 Å². The molecule has 7 nitrogen and oxygen atoms in total. The molecule has 170 valence electrons. The molecule has 1 fully saturated rings. The molecule has 4 rings (SSSR count). The Balaban J connectivity index is 1.68. The minimum Gasteiger partial charge on any atom is -0.444 e. The first-order valence-electron chi connectivity index (χ1n) is 10.7. The van der Waals surface area contributed by atoms with Crippen LogP contribution in [0.15, 0.2) is 59.5 Å². The van der Waals surface area contributed by atoms with Crippen LogP contribution in [-0.2, 0) is 14.8 Å². The van der Waals surface area contributed by atoms with E-state index in [-0.39, 0.29) is 11.0 Å². The van der Waals surface area contributed by atoms with E-state index in [1.807, 2.05) is 62.9 Å². The van der Waals surface area contributed by atoms with Crippen LogP contribution in [0.2, 0.25) is 0 Å². The summed E-state index contributed by atoms with van der Waals surface area (Å²) in [6.07, 6.45) is -0.343. The van der Waals surface area contributed by atoms with Gasteiger partial charge in [-0.1, -0.05) is 35.9 Å². The van der Waals surface area contributed by atoms with Crippen LogP contribution >= 0.6 is 0 Å². The fourth-order valence-electron chi connectivity index (χ4n) is 3.85. The summed E-state index contributed by atoms with van der Waals surface area (Å²) in [6, 6.07) is 16.3. The molecule has 1 aliphatic heterocycles. The van der Waals surface area contributed by atoms with E-state index in [4.69, 9.17) is 4.74 Å². The number of rotatable bonds is 3. The molecular formula is C24H29N3O4S. The van der Waals surface area contributed by atoms with E-state index >= 15 is 0 Å². The number of carbonyl (C=O) groups is 1. The lowest BCUT2D eigenvalue weighted by Crippen LogP contribution is -2.50. The molecule has 0 radical (unpaired) electrons. The van der Waals surface area contributed by atoms with Crippen LogP contribution in [0.5, 0.6) is 0 Å². The summed E-state index contributed by atoms with van der Waals surface area (Å²) < 4.78 is 34.2. The molecule has 1 aromatic heterocycles. The fourth-order valence-corrected chi connectivity index (χ4v) is 5.38. The molecular weight excluding hydrogens is 426 g/mol. The van der Waals surface area contributed by atoms with Gasteiger partial charge in [0.2, 0.25) is 0 Å². The number of hydrogen-bond acceptors (Lipinski definition) is 5. The van der Waals surface area contributed by atoms with Crippen LogP contribution in [0.25, 0.3) is 10.9 Å². The Bertz CT molecular complexity index is 1230. The van der Waals surface area contributed by atoms with Gasteiger partial charge in [0.15, 0.2) is 0 Å². The number of hydrogen-bond donors (Lipinski definition) is 0. The van der Waals surface area contributed by atoms with Crippen molar-refractivity contribution in [3.8, 4) is 0 Å². The van der Waals surface area contributed by atoms with Crippen LogP contribution in [-0.4, -0.2) is 55.2 Å². The number of carbonyl (C=O) groups excluding carboxylic acids is 1. The molecule has 0 saturated carbocycles. The van der Waals surface area contributed by atoms with Crippen molar-refractivity contribution in [2.75, 3.05) is 31.1 Å². The van der Waals surface area contributed by atoms with Crippen molar-refractivity contribution in [3.63, 3.8) is 0 Å². The highest BCUT2D eigenvalue weighted by Crippen LogP contribution is 2.32. The summed E-state index contributed by atoms with van der Waals surface area (Å²) >= 11 is 0. The van der Waals surface area contributed by atoms with Gasteiger partial charge in [0.1, 0.15) is 11.4 Å². The molecule has 8 heteroatoms. The van der Waals surface area contributed by atoms with Gasteiger partial charge < -0.3 is 14.5 Å². The summed E-state index contributed by atoms with van der Waals surface area (Å²) in [4.78, 5) is 16.4. The number of benzene rings is 2. The van der Waals surface area contributed by atoms with E-state index in [9.17, 15) is 13.2 Å². The summed E-state index contributed by atoms with van der Waals surface area (Å²) in [5, 5.41) is 0.854. The number of aryl methyl sites for hydroxylation is 1. The van der Waals surface area contributed by atoms with Crippen molar-refractivity contribution >= 4 is 32.8 Å². The molecule has 32 heavy (non-hydrogen) atoms. The number of piperazine rings is 1. The molecule has 0 spiro atoms. The Morgan fingerprint density at radius 1 is 0.938 bits per heavy atom. The maximum Gasteiger partial charge on any atom is 0.410 e. The normalized spacial score (nSPS) is 15.2. The SMILES string of the molecule is Cc1ccc(S(=O)(=O)n2c(N3CCN(C(=O)OC(C)(C)C)CC3)cc3ccccc32)cc1. The second-order valence-electron chi connectivity index (χ2n) is 9.10. The predicted molar refractivity (Wildman–Crippen MR) is 126 cm³/mol. The zero-order valence-corrected chi connectivity index (χ0v) is 19.7. The van der Waals surface area contributed by atoms with Gasteiger partial charge in [0.25, 0.3) is 10.0 Å². The van der Waals surface area contributed by atoms with Crippen molar-refractivity contribution in [1.29, 1.82) is 0 Å². The smallest absolute Gasteiger partial charge is 0.410 e. The number of aromatic nitrogens is 1. The van der Waals surface area contributed by atoms with Crippen LogP contribution < -0.4 is 4.90 Å². The topological polar surface area (TPSA) is 71.9 Å². The van der Waals surface area contributed by atoms with Gasteiger partial charge in [-0.3, -0.25) is 0 Å². The fraction of sp³-hybridized carbons (Fsp3) is 0.375. The highest BCUT2D eigenvalue weighted by molar-refractivity contribution is 7.90. The van der Waals surface area contributed by atoms with E-state index in [2.05, 4.69) is 0 Å². The van der Waals surface area contributed by atoms with Gasteiger partial charge in [0, 0.05) is 31.6 Å². The number of nitrogens with zero attached hydrogens (tertiary/aromatic N) is 3. The molecule has 1 amide bonds. The largest absolute Gasteiger partial charge is 0.444 e. The Morgan fingerprint density at radius 2 is 1.56 bits per heavy atom. The molecule has 3 aromatic rings. The first kappa shape index (κ1) is 22.2. The van der Waals surface area contributed by atoms with E-state index in [0.717, 1.165) is 10.9 Å². The van der Waals surface area contributed by atoms with Gasteiger partial charge in [-0.25, -0.2) is 17.2 Å². The molecule has 2 heterocycles. The number of fused-ring (bicyclic) bond motifs is 1. The Labute approximate surface area is 189 Å². The zero-order valence-electron chi connectivity index (χ0n) is 18.9. The van der Waals surface area contributed by atoms with E-state index in [1.54, 1.807) is 29.2 Å². The van der Waals surface area contributed by atoms with Crippen LogP contribution in [0.1, 0.15) is 26.3 Å². The van der Waals surface area contributed by atoms with Gasteiger partial charge in [-0.2, -0.15) is 0 Å². The molecule has 0 atom stereocenters. The molecule has 2 aromatic carbocycles. The first-order valence-corrected chi connectivity index (χ1v) is 12.2. The highest BCUT2D eigenvalue weighted by atomic mass is 32.2. The van der Waals surface area contributed by atoms with Crippen molar-refractivity contribution in [3.05, 3.63) is 60.2 Å². The number of anilines is 1. The quantitative estimate of drug-likeness (QED) is 0.591. The van der Waals surface area contributed by atoms with Crippen LogP contribution in [0, 0.1) is 6.92 Å². The van der Waals surface area contributed by atoms with Gasteiger partial charge >= 0.3 is 6.09 Å². The maximum atomic E-state index is 13.7. The van der Waals surface area contributed by atoms with Gasteiger partial charge in [-0.15, -0.1) is 0 Å². The monoisotopic (exact) mass is 455 g/mol. The summed E-state index contributed by atoms with van der Waals surface area (Å²) in [6.45, 7) is 9.40. The lowest BCUT2D eigenvalue weighted by Gasteiger charge is -2.36. The predicted octanol–water partition coefficient (Wildman–Crippen LogP) is 4.24. The maximum absolute atomic E-state index is 13.7. The minimum absolute atomic E-state index is 0.248. The van der Waals surface area contributed by atoms with Crippen molar-refractivity contribution in [2.24, 2.45) is 0 Å². The molecule has 1 aliphatic rings. The number of ether oxygens (including phenoxy) is 1. The second-order valence-corrected chi connectivity index (χ2v) is 10.9. The minimum atomic E-state index is -3.80. The van der Waals surface area contributed by atoms with Crippen molar-refractivity contribution in [2.45, 2.75) is 38.2 Å².